The van der Waals surface area contributed by atoms with Crippen LogP contribution >= 0.6 is 0 Å². The Morgan fingerprint density at radius 2 is 1.62 bits per heavy atom. The normalized spacial score (nSPS) is 36.0. The van der Waals surface area contributed by atoms with Crippen LogP contribution < -0.4 is 0 Å². The van der Waals surface area contributed by atoms with Gasteiger partial charge in [-0.15, -0.1) is 0 Å². The molecule has 0 aliphatic carbocycles. The number of fused-ring (bicyclic) bond motifs is 1. The summed E-state index contributed by atoms with van der Waals surface area (Å²) in [6.45, 7) is 9.36. The SMILES string of the molecule is CON1CC2CN(C(C)C)CC2C1. The highest BCUT2D eigenvalue weighted by Crippen LogP contribution is 2.31. The standard InChI is InChI=1S/C10H20N2O/c1-8(2)11-4-9-6-12(13-3)7-10(9)5-11/h8-10H,4-7H2,1-3H3. The van der Waals surface area contributed by atoms with Gasteiger partial charge in [0.15, 0.2) is 0 Å². The van der Waals surface area contributed by atoms with Crippen LogP contribution in [0.5, 0.6) is 0 Å². The first-order chi connectivity index (χ1) is 6.20. The van der Waals surface area contributed by atoms with Crippen molar-refractivity contribution in [2.75, 3.05) is 33.3 Å². The van der Waals surface area contributed by atoms with Gasteiger partial charge in [0.05, 0.1) is 7.11 Å². The van der Waals surface area contributed by atoms with Gasteiger partial charge in [0.1, 0.15) is 0 Å². The zero-order valence-electron chi connectivity index (χ0n) is 8.86. The highest BCUT2D eigenvalue weighted by molar-refractivity contribution is 4.91. The predicted molar refractivity (Wildman–Crippen MR) is 52.3 cm³/mol. The molecule has 76 valence electrons. The van der Waals surface area contributed by atoms with E-state index >= 15 is 0 Å². The van der Waals surface area contributed by atoms with Crippen LogP contribution in [0.25, 0.3) is 0 Å². The monoisotopic (exact) mass is 184 g/mol. The van der Waals surface area contributed by atoms with E-state index in [9.17, 15) is 0 Å². The van der Waals surface area contributed by atoms with Crippen molar-refractivity contribution in [1.82, 2.24) is 9.96 Å². The van der Waals surface area contributed by atoms with Crippen LogP contribution in [-0.4, -0.2) is 49.3 Å². The molecule has 2 rings (SSSR count). The largest absolute Gasteiger partial charge is 0.302 e. The van der Waals surface area contributed by atoms with Gasteiger partial charge in [0.2, 0.25) is 0 Å². The second-order valence-corrected chi connectivity index (χ2v) is 4.60. The molecule has 2 fully saturated rings. The summed E-state index contributed by atoms with van der Waals surface area (Å²) in [5.74, 6) is 1.70. The van der Waals surface area contributed by atoms with Crippen molar-refractivity contribution in [3.63, 3.8) is 0 Å². The van der Waals surface area contributed by atoms with E-state index in [1.54, 1.807) is 7.11 Å². The Morgan fingerprint density at radius 3 is 2.00 bits per heavy atom. The van der Waals surface area contributed by atoms with Crippen LogP contribution in [0.15, 0.2) is 0 Å². The van der Waals surface area contributed by atoms with Gasteiger partial charge in [0, 0.05) is 32.2 Å². The molecule has 2 unspecified atom stereocenters. The lowest BCUT2D eigenvalue weighted by Crippen LogP contribution is -2.32. The molecule has 2 aliphatic heterocycles. The van der Waals surface area contributed by atoms with E-state index in [1.165, 1.54) is 13.1 Å². The fraction of sp³-hybridized carbons (Fsp3) is 1.00. The third-order valence-corrected chi connectivity index (χ3v) is 3.47. The van der Waals surface area contributed by atoms with E-state index in [-0.39, 0.29) is 0 Å². The Hall–Kier alpha value is -0.120. The number of hydrogen-bond donors (Lipinski definition) is 0. The minimum absolute atomic E-state index is 0.710. The summed E-state index contributed by atoms with van der Waals surface area (Å²) >= 11 is 0. The Labute approximate surface area is 80.6 Å². The van der Waals surface area contributed by atoms with Crippen molar-refractivity contribution >= 4 is 0 Å². The van der Waals surface area contributed by atoms with Crippen molar-refractivity contribution in [1.29, 1.82) is 0 Å². The van der Waals surface area contributed by atoms with Crippen molar-refractivity contribution in [2.24, 2.45) is 11.8 Å². The molecule has 2 heterocycles. The lowest BCUT2D eigenvalue weighted by molar-refractivity contribution is -0.119. The Bertz CT molecular complexity index is 170. The van der Waals surface area contributed by atoms with Crippen LogP contribution in [0, 0.1) is 11.8 Å². The Kier molecular flexibility index (Phi) is 2.58. The molecule has 2 atom stereocenters. The third kappa shape index (κ3) is 1.73. The van der Waals surface area contributed by atoms with E-state index in [4.69, 9.17) is 4.84 Å². The maximum absolute atomic E-state index is 5.26. The summed E-state index contributed by atoms with van der Waals surface area (Å²) in [4.78, 5) is 7.84. The average molecular weight is 184 g/mol. The number of hydrogen-bond acceptors (Lipinski definition) is 3. The fourth-order valence-corrected chi connectivity index (χ4v) is 2.56. The molecule has 0 saturated carbocycles. The van der Waals surface area contributed by atoms with Crippen molar-refractivity contribution in [3.8, 4) is 0 Å². The molecule has 0 aromatic rings. The molecule has 0 amide bonds. The Morgan fingerprint density at radius 1 is 1.08 bits per heavy atom. The summed E-state index contributed by atoms with van der Waals surface area (Å²) in [5.41, 5.74) is 0. The number of hydroxylamine groups is 2. The molecular formula is C10H20N2O. The molecule has 3 heteroatoms. The van der Waals surface area contributed by atoms with Crippen molar-refractivity contribution < 1.29 is 4.84 Å². The molecule has 0 N–H and O–H groups in total. The second-order valence-electron chi connectivity index (χ2n) is 4.60. The highest BCUT2D eigenvalue weighted by atomic mass is 16.7. The molecular weight excluding hydrogens is 164 g/mol. The summed E-state index contributed by atoms with van der Waals surface area (Å²) < 4.78 is 0. The zero-order valence-corrected chi connectivity index (χ0v) is 8.86. The van der Waals surface area contributed by atoms with Gasteiger partial charge in [0.25, 0.3) is 0 Å². The van der Waals surface area contributed by atoms with E-state index in [2.05, 4.69) is 23.8 Å². The van der Waals surface area contributed by atoms with Crippen molar-refractivity contribution in [3.05, 3.63) is 0 Å². The Balaban J connectivity index is 1.89. The minimum Gasteiger partial charge on any atom is -0.302 e. The molecule has 0 radical (unpaired) electrons. The summed E-state index contributed by atoms with van der Waals surface area (Å²) in [7, 11) is 1.78. The smallest absolute Gasteiger partial charge is 0.0575 e. The third-order valence-electron chi connectivity index (χ3n) is 3.47. The van der Waals surface area contributed by atoms with Gasteiger partial charge in [-0.3, -0.25) is 0 Å². The molecule has 0 aromatic heterocycles. The topological polar surface area (TPSA) is 15.7 Å². The van der Waals surface area contributed by atoms with E-state index < -0.39 is 0 Å². The van der Waals surface area contributed by atoms with Gasteiger partial charge in [-0.2, -0.15) is 5.06 Å². The number of likely N-dealkylation sites (tertiary alicyclic amines) is 1. The summed E-state index contributed by atoms with van der Waals surface area (Å²) in [6, 6.07) is 0.710. The number of rotatable bonds is 2. The summed E-state index contributed by atoms with van der Waals surface area (Å²) in [5, 5.41) is 2.10. The van der Waals surface area contributed by atoms with Gasteiger partial charge >= 0.3 is 0 Å². The van der Waals surface area contributed by atoms with Crippen LogP contribution in [-0.2, 0) is 4.84 Å². The zero-order chi connectivity index (χ0) is 9.42. The lowest BCUT2D eigenvalue weighted by atomic mass is 10.0. The summed E-state index contributed by atoms with van der Waals surface area (Å²) in [6.07, 6.45) is 0. The van der Waals surface area contributed by atoms with Crippen LogP contribution in [0.3, 0.4) is 0 Å². The van der Waals surface area contributed by atoms with Gasteiger partial charge < -0.3 is 9.74 Å². The molecule has 0 bridgehead atoms. The molecule has 2 aliphatic rings. The molecule has 0 aromatic carbocycles. The van der Waals surface area contributed by atoms with Gasteiger partial charge in [-0.25, -0.2) is 0 Å². The van der Waals surface area contributed by atoms with Crippen molar-refractivity contribution in [2.45, 2.75) is 19.9 Å². The molecule has 2 saturated heterocycles. The van der Waals surface area contributed by atoms with Crippen LogP contribution in [0.2, 0.25) is 0 Å². The maximum Gasteiger partial charge on any atom is 0.0575 e. The van der Waals surface area contributed by atoms with E-state index in [1.807, 2.05) is 0 Å². The predicted octanol–water partition coefficient (Wildman–Crippen LogP) is 0.820. The van der Waals surface area contributed by atoms with Gasteiger partial charge in [-0.1, -0.05) is 0 Å². The first-order valence-electron chi connectivity index (χ1n) is 5.23. The minimum atomic E-state index is 0.710. The fourth-order valence-electron chi connectivity index (χ4n) is 2.56. The second kappa shape index (κ2) is 3.56. The van der Waals surface area contributed by atoms with Gasteiger partial charge in [-0.05, 0) is 25.7 Å². The lowest BCUT2D eigenvalue weighted by Gasteiger charge is -2.23. The van der Waals surface area contributed by atoms with E-state index in [0.717, 1.165) is 24.9 Å². The average Bonchev–Trinajstić information content (AvgIpc) is 2.58. The molecule has 0 spiro atoms. The molecule has 13 heavy (non-hydrogen) atoms. The first-order valence-corrected chi connectivity index (χ1v) is 5.23. The highest BCUT2D eigenvalue weighted by Gasteiger charge is 2.40. The first kappa shape index (κ1) is 9.44. The molecule has 3 nitrogen and oxygen atoms in total. The van der Waals surface area contributed by atoms with E-state index in [0.29, 0.717) is 6.04 Å². The quantitative estimate of drug-likeness (QED) is 0.632. The van der Waals surface area contributed by atoms with Crippen LogP contribution in [0.4, 0.5) is 0 Å². The number of nitrogens with zero attached hydrogens (tertiary/aromatic N) is 2. The maximum atomic E-state index is 5.26. The van der Waals surface area contributed by atoms with Crippen LogP contribution in [0.1, 0.15) is 13.8 Å².